The lowest BCUT2D eigenvalue weighted by Crippen LogP contribution is -2.07. The summed E-state index contributed by atoms with van der Waals surface area (Å²) in [5, 5.41) is 7.27. The van der Waals surface area contributed by atoms with Crippen molar-refractivity contribution in [1.82, 2.24) is 4.98 Å². The molecule has 2 aromatic carbocycles. The van der Waals surface area contributed by atoms with Crippen molar-refractivity contribution in [3.8, 4) is 11.5 Å². The molecule has 0 aliphatic rings. The SMILES string of the molecule is CCOC(=O)Cc1csc(NN=Cc2ccc(OCc3ccccc3Cl)c(OCC)c2)n1. The molecule has 3 rings (SSSR count). The van der Waals surface area contributed by atoms with Crippen LogP contribution in [-0.2, 0) is 22.6 Å². The lowest BCUT2D eigenvalue weighted by molar-refractivity contribution is -0.142. The molecular weight excluding hydrogens is 450 g/mol. The molecule has 32 heavy (non-hydrogen) atoms. The minimum absolute atomic E-state index is 0.142. The topological polar surface area (TPSA) is 82.0 Å². The number of hydrazone groups is 1. The van der Waals surface area contributed by atoms with Crippen molar-refractivity contribution in [2.75, 3.05) is 18.6 Å². The van der Waals surface area contributed by atoms with E-state index in [1.54, 1.807) is 18.5 Å². The third kappa shape index (κ3) is 6.96. The van der Waals surface area contributed by atoms with Gasteiger partial charge in [-0.1, -0.05) is 29.8 Å². The molecule has 1 N–H and O–H groups in total. The summed E-state index contributed by atoms with van der Waals surface area (Å²) in [5.41, 5.74) is 5.25. The number of anilines is 1. The van der Waals surface area contributed by atoms with Crippen LogP contribution in [0.5, 0.6) is 11.5 Å². The van der Waals surface area contributed by atoms with E-state index in [0.717, 1.165) is 11.1 Å². The van der Waals surface area contributed by atoms with Gasteiger partial charge in [0, 0.05) is 16.0 Å². The summed E-state index contributed by atoms with van der Waals surface area (Å²) in [7, 11) is 0. The average Bonchev–Trinajstić information content (AvgIpc) is 3.21. The van der Waals surface area contributed by atoms with Gasteiger partial charge >= 0.3 is 5.97 Å². The minimum Gasteiger partial charge on any atom is -0.490 e. The monoisotopic (exact) mass is 473 g/mol. The first-order valence-electron chi connectivity index (χ1n) is 10.1. The number of esters is 1. The summed E-state index contributed by atoms with van der Waals surface area (Å²) < 4.78 is 16.6. The highest BCUT2D eigenvalue weighted by molar-refractivity contribution is 7.13. The molecular formula is C23H24ClN3O4S. The number of rotatable bonds is 11. The van der Waals surface area contributed by atoms with E-state index in [0.29, 0.717) is 47.2 Å². The average molecular weight is 474 g/mol. The lowest BCUT2D eigenvalue weighted by atomic mass is 10.2. The second-order valence-corrected chi connectivity index (χ2v) is 7.78. The fourth-order valence-electron chi connectivity index (χ4n) is 2.72. The number of thiazole rings is 1. The molecule has 0 unspecified atom stereocenters. The van der Waals surface area contributed by atoms with E-state index in [2.05, 4.69) is 15.5 Å². The Morgan fingerprint density at radius 2 is 2.00 bits per heavy atom. The molecule has 9 heteroatoms. The fourth-order valence-corrected chi connectivity index (χ4v) is 3.57. The Morgan fingerprint density at radius 1 is 1.16 bits per heavy atom. The number of nitrogens with zero attached hydrogens (tertiary/aromatic N) is 2. The molecule has 0 aliphatic carbocycles. The maximum absolute atomic E-state index is 11.5. The van der Waals surface area contributed by atoms with Gasteiger partial charge in [-0.2, -0.15) is 5.10 Å². The number of ether oxygens (including phenoxy) is 3. The molecule has 3 aromatic rings. The highest BCUT2D eigenvalue weighted by atomic mass is 35.5. The van der Waals surface area contributed by atoms with Gasteiger partial charge in [0.05, 0.1) is 31.5 Å². The van der Waals surface area contributed by atoms with E-state index in [1.807, 2.05) is 49.4 Å². The number of benzene rings is 2. The van der Waals surface area contributed by atoms with Gasteiger partial charge in [0.1, 0.15) is 6.61 Å². The van der Waals surface area contributed by atoms with Gasteiger partial charge < -0.3 is 14.2 Å². The van der Waals surface area contributed by atoms with Crippen LogP contribution in [-0.4, -0.2) is 30.4 Å². The zero-order valence-electron chi connectivity index (χ0n) is 17.8. The summed E-state index contributed by atoms with van der Waals surface area (Å²) in [6, 6.07) is 13.1. The third-order valence-corrected chi connectivity index (χ3v) is 5.33. The largest absolute Gasteiger partial charge is 0.490 e. The molecule has 0 atom stereocenters. The van der Waals surface area contributed by atoms with Gasteiger partial charge in [-0.05, 0) is 43.7 Å². The van der Waals surface area contributed by atoms with Crippen LogP contribution in [0, 0.1) is 0 Å². The molecule has 0 aliphatic heterocycles. The number of hydrogen-bond donors (Lipinski definition) is 1. The second kappa shape index (κ2) is 12.1. The molecule has 0 saturated heterocycles. The molecule has 7 nitrogen and oxygen atoms in total. The van der Waals surface area contributed by atoms with Crippen LogP contribution in [0.25, 0.3) is 0 Å². The number of carbonyl (C=O) groups excluding carboxylic acids is 1. The Hall–Kier alpha value is -3.10. The van der Waals surface area contributed by atoms with E-state index >= 15 is 0 Å². The highest BCUT2D eigenvalue weighted by Crippen LogP contribution is 2.29. The molecule has 0 radical (unpaired) electrons. The van der Waals surface area contributed by atoms with Gasteiger partial charge in [0.25, 0.3) is 0 Å². The van der Waals surface area contributed by atoms with Crippen molar-refractivity contribution < 1.29 is 19.0 Å². The Bertz CT molecular complexity index is 1070. The maximum Gasteiger partial charge on any atom is 0.311 e. The van der Waals surface area contributed by atoms with Gasteiger partial charge in [0.15, 0.2) is 11.5 Å². The molecule has 0 spiro atoms. The minimum atomic E-state index is -0.298. The maximum atomic E-state index is 11.5. The normalized spacial score (nSPS) is 10.8. The van der Waals surface area contributed by atoms with Crippen LogP contribution in [0.2, 0.25) is 5.02 Å². The van der Waals surface area contributed by atoms with Crippen LogP contribution in [0.3, 0.4) is 0 Å². The Kier molecular flexibility index (Phi) is 8.89. The number of carbonyl (C=O) groups is 1. The standard InChI is InChI=1S/C23H24ClN3O4S/c1-3-29-21-11-16(9-10-20(21)31-14-17-7-5-6-8-19(17)24)13-25-27-23-26-18(15-32-23)12-22(28)30-4-2/h5-11,13,15H,3-4,12,14H2,1-2H3,(H,26,27). The summed E-state index contributed by atoms with van der Waals surface area (Å²) in [5.74, 6) is 0.947. The molecule has 168 valence electrons. The summed E-state index contributed by atoms with van der Waals surface area (Å²) in [6.07, 6.45) is 1.80. The predicted molar refractivity (Wildman–Crippen MR) is 127 cm³/mol. The summed E-state index contributed by atoms with van der Waals surface area (Å²) in [6.45, 7) is 4.88. The summed E-state index contributed by atoms with van der Waals surface area (Å²) >= 11 is 7.57. The van der Waals surface area contributed by atoms with Gasteiger partial charge in [0.2, 0.25) is 5.13 Å². The van der Waals surface area contributed by atoms with Crippen molar-refractivity contribution in [3.05, 3.63) is 69.7 Å². The summed E-state index contributed by atoms with van der Waals surface area (Å²) in [4.78, 5) is 15.9. The molecule has 0 fully saturated rings. The van der Waals surface area contributed by atoms with E-state index in [4.69, 9.17) is 25.8 Å². The first-order valence-corrected chi connectivity index (χ1v) is 11.4. The van der Waals surface area contributed by atoms with Crippen LogP contribution in [0.15, 0.2) is 52.9 Å². The molecule has 0 saturated carbocycles. The third-order valence-electron chi connectivity index (χ3n) is 4.16. The predicted octanol–water partition coefficient (Wildman–Crippen LogP) is 5.33. The van der Waals surface area contributed by atoms with E-state index in [-0.39, 0.29) is 12.4 Å². The van der Waals surface area contributed by atoms with Crippen LogP contribution in [0.4, 0.5) is 5.13 Å². The van der Waals surface area contributed by atoms with Crippen molar-refractivity contribution in [2.45, 2.75) is 26.9 Å². The van der Waals surface area contributed by atoms with E-state index < -0.39 is 0 Å². The number of hydrogen-bond acceptors (Lipinski definition) is 8. The zero-order chi connectivity index (χ0) is 22.8. The number of aromatic nitrogens is 1. The molecule has 1 aromatic heterocycles. The number of halogens is 1. The lowest BCUT2D eigenvalue weighted by Gasteiger charge is -2.13. The Morgan fingerprint density at radius 3 is 2.78 bits per heavy atom. The van der Waals surface area contributed by atoms with Gasteiger partial charge in [-0.3, -0.25) is 10.2 Å². The van der Waals surface area contributed by atoms with Gasteiger partial charge in [-0.25, -0.2) is 4.98 Å². The number of nitrogens with one attached hydrogen (secondary N) is 1. The van der Waals surface area contributed by atoms with Crippen molar-refractivity contribution >= 4 is 40.3 Å². The second-order valence-electron chi connectivity index (χ2n) is 6.52. The zero-order valence-corrected chi connectivity index (χ0v) is 19.4. The Labute approximate surface area is 196 Å². The van der Waals surface area contributed by atoms with E-state index in [1.165, 1.54) is 11.3 Å². The van der Waals surface area contributed by atoms with Crippen molar-refractivity contribution in [3.63, 3.8) is 0 Å². The first-order chi connectivity index (χ1) is 15.6. The quantitative estimate of drug-likeness (QED) is 0.230. The van der Waals surface area contributed by atoms with Crippen LogP contribution < -0.4 is 14.9 Å². The first kappa shape index (κ1) is 23.6. The molecule has 1 heterocycles. The van der Waals surface area contributed by atoms with Crippen LogP contribution >= 0.6 is 22.9 Å². The van der Waals surface area contributed by atoms with E-state index in [9.17, 15) is 4.79 Å². The van der Waals surface area contributed by atoms with Crippen molar-refractivity contribution in [2.24, 2.45) is 5.10 Å². The smallest absolute Gasteiger partial charge is 0.311 e. The Balaban J connectivity index is 1.61. The highest BCUT2D eigenvalue weighted by Gasteiger charge is 2.09. The molecule has 0 bridgehead atoms. The van der Waals surface area contributed by atoms with Gasteiger partial charge in [-0.15, -0.1) is 11.3 Å². The molecule has 0 amide bonds. The van der Waals surface area contributed by atoms with Crippen molar-refractivity contribution in [1.29, 1.82) is 0 Å². The van der Waals surface area contributed by atoms with Crippen LogP contribution in [0.1, 0.15) is 30.7 Å². The fraction of sp³-hybridized carbons (Fsp3) is 0.261.